The number of benzene rings is 1. The number of rotatable bonds is 6. The van der Waals surface area contributed by atoms with Crippen LogP contribution >= 0.6 is 11.6 Å². The minimum Gasteiger partial charge on any atom is -0.488 e. The molecule has 0 aromatic heterocycles. The first kappa shape index (κ1) is 13.0. The second kappa shape index (κ2) is 6.51. The lowest BCUT2D eigenvalue weighted by atomic mass is 10.3. The van der Waals surface area contributed by atoms with E-state index in [4.69, 9.17) is 16.3 Å². The smallest absolute Gasteiger partial charge is 0.138 e. The topological polar surface area (TPSA) is 21.3 Å². The van der Waals surface area contributed by atoms with Crippen LogP contribution in [0.5, 0.6) is 5.75 Å². The van der Waals surface area contributed by atoms with E-state index in [1.165, 1.54) is 18.2 Å². The largest absolute Gasteiger partial charge is 0.488 e. The predicted octanol–water partition coefficient (Wildman–Crippen LogP) is 3.02. The molecule has 2 nitrogen and oxygen atoms in total. The van der Waals surface area contributed by atoms with Crippen LogP contribution in [0.4, 0.5) is 4.39 Å². The van der Waals surface area contributed by atoms with Crippen LogP contribution in [-0.2, 0) is 0 Å². The van der Waals surface area contributed by atoms with Crippen LogP contribution in [0.15, 0.2) is 30.4 Å². The first-order valence-corrected chi connectivity index (χ1v) is 5.46. The fourth-order valence-corrected chi connectivity index (χ4v) is 1.35. The Bertz CT molecular complexity index is 368. The zero-order chi connectivity index (χ0) is 12.0. The molecule has 0 aliphatic rings. The molecule has 0 unspecified atom stereocenters. The highest BCUT2D eigenvalue weighted by molar-refractivity contribution is 6.32. The van der Waals surface area contributed by atoms with Crippen LogP contribution in [0.3, 0.4) is 0 Å². The summed E-state index contributed by atoms with van der Waals surface area (Å²) in [6.45, 7) is 7.83. The van der Waals surface area contributed by atoms with Gasteiger partial charge in [-0.15, -0.1) is 0 Å². The molecule has 0 fully saturated rings. The quantitative estimate of drug-likeness (QED) is 0.776. The van der Waals surface area contributed by atoms with Gasteiger partial charge < -0.3 is 10.1 Å². The van der Waals surface area contributed by atoms with Crippen molar-refractivity contribution in [3.05, 3.63) is 41.2 Å². The molecule has 1 aromatic rings. The maximum absolute atomic E-state index is 12.7. The van der Waals surface area contributed by atoms with Crippen molar-refractivity contribution in [1.29, 1.82) is 0 Å². The minimum absolute atomic E-state index is 0.274. The van der Waals surface area contributed by atoms with E-state index >= 15 is 0 Å². The van der Waals surface area contributed by atoms with E-state index in [-0.39, 0.29) is 10.8 Å². The molecule has 88 valence electrons. The number of likely N-dealkylation sites (N-methyl/N-ethyl adjacent to an activating group) is 1. The van der Waals surface area contributed by atoms with Crippen molar-refractivity contribution in [3.8, 4) is 5.75 Å². The number of hydrogen-bond donors (Lipinski definition) is 1. The van der Waals surface area contributed by atoms with Gasteiger partial charge in [-0.2, -0.15) is 0 Å². The molecule has 0 bridgehead atoms. The van der Waals surface area contributed by atoms with E-state index in [2.05, 4.69) is 11.9 Å². The molecule has 0 heterocycles. The highest BCUT2D eigenvalue weighted by Gasteiger charge is 2.03. The van der Waals surface area contributed by atoms with E-state index in [0.29, 0.717) is 18.9 Å². The van der Waals surface area contributed by atoms with Gasteiger partial charge in [0, 0.05) is 6.54 Å². The molecule has 0 aliphatic heterocycles. The van der Waals surface area contributed by atoms with Crippen molar-refractivity contribution < 1.29 is 9.13 Å². The van der Waals surface area contributed by atoms with Crippen LogP contribution in [0.2, 0.25) is 5.02 Å². The maximum atomic E-state index is 12.7. The molecular formula is C12H15ClFNO. The van der Waals surface area contributed by atoms with Gasteiger partial charge in [0.15, 0.2) is 0 Å². The zero-order valence-electron chi connectivity index (χ0n) is 9.22. The Hall–Kier alpha value is -1.06. The van der Waals surface area contributed by atoms with Gasteiger partial charge in [-0.25, -0.2) is 4.39 Å². The summed E-state index contributed by atoms with van der Waals surface area (Å²) < 4.78 is 18.2. The first-order chi connectivity index (χ1) is 7.63. The Morgan fingerprint density at radius 2 is 2.31 bits per heavy atom. The van der Waals surface area contributed by atoms with Crippen LogP contribution < -0.4 is 10.1 Å². The Morgan fingerprint density at radius 1 is 1.56 bits per heavy atom. The Balaban J connectivity index is 2.45. The van der Waals surface area contributed by atoms with Crippen molar-refractivity contribution in [2.45, 2.75) is 6.92 Å². The lowest BCUT2D eigenvalue weighted by Gasteiger charge is -2.10. The van der Waals surface area contributed by atoms with Gasteiger partial charge in [-0.1, -0.05) is 25.1 Å². The SMILES string of the molecule is C=C(CNCC)COc1ccc(F)cc1Cl. The maximum Gasteiger partial charge on any atom is 0.138 e. The molecule has 0 spiro atoms. The number of ether oxygens (including phenoxy) is 1. The highest BCUT2D eigenvalue weighted by atomic mass is 35.5. The van der Waals surface area contributed by atoms with Gasteiger partial charge in [0.2, 0.25) is 0 Å². The second-order valence-corrected chi connectivity index (χ2v) is 3.80. The molecule has 0 saturated heterocycles. The van der Waals surface area contributed by atoms with Gasteiger partial charge in [0.25, 0.3) is 0 Å². The Labute approximate surface area is 100 Å². The molecule has 0 atom stereocenters. The van der Waals surface area contributed by atoms with Crippen molar-refractivity contribution in [2.75, 3.05) is 19.7 Å². The fourth-order valence-electron chi connectivity index (χ4n) is 1.12. The van der Waals surface area contributed by atoms with Crippen molar-refractivity contribution in [2.24, 2.45) is 0 Å². The fraction of sp³-hybridized carbons (Fsp3) is 0.333. The van der Waals surface area contributed by atoms with Crippen LogP contribution in [0.1, 0.15) is 6.92 Å². The summed E-state index contributed by atoms with van der Waals surface area (Å²) in [6.07, 6.45) is 0. The lowest BCUT2D eigenvalue weighted by Crippen LogP contribution is -2.18. The van der Waals surface area contributed by atoms with E-state index in [1.807, 2.05) is 6.92 Å². The third kappa shape index (κ3) is 4.21. The molecule has 0 radical (unpaired) electrons. The summed E-state index contributed by atoms with van der Waals surface area (Å²) in [5.41, 5.74) is 0.919. The Kier molecular flexibility index (Phi) is 5.29. The monoisotopic (exact) mass is 243 g/mol. The van der Waals surface area contributed by atoms with E-state index < -0.39 is 0 Å². The molecule has 0 saturated carbocycles. The zero-order valence-corrected chi connectivity index (χ0v) is 9.98. The lowest BCUT2D eigenvalue weighted by molar-refractivity contribution is 0.348. The normalized spacial score (nSPS) is 10.2. The van der Waals surface area contributed by atoms with Crippen molar-refractivity contribution >= 4 is 11.6 Å². The van der Waals surface area contributed by atoms with E-state index in [0.717, 1.165) is 12.1 Å². The number of nitrogens with one attached hydrogen (secondary N) is 1. The average molecular weight is 244 g/mol. The van der Waals surface area contributed by atoms with Crippen LogP contribution in [0.25, 0.3) is 0 Å². The Morgan fingerprint density at radius 3 is 2.94 bits per heavy atom. The van der Waals surface area contributed by atoms with Gasteiger partial charge in [-0.05, 0) is 30.3 Å². The van der Waals surface area contributed by atoms with Crippen LogP contribution in [-0.4, -0.2) is 19.7 Å². The minimum atomic E-state index is -0.371. The van der Waals surface area contributed by atoms with Gasteiger partial charge in [0.05, 0.1) is 5.02 Å². The molecule has 1 aromatic carbocycles. The van der Waals surface area contributed by atoms with E-state index in [9.17, 15) is 4.39 Å². The summed E-state index contributed by atoms with van der Waals surface area (Å²) in [6, 6.07) is 4.05. The molecule has 4 heteroatoms. The molecule has 1 rings (SSSR count). The molecule has 1 N–H and O–H groups in total. The average Bonchev–Trinajstić information content (AvgIpc) is 2.25. The summed E-state index contributed by atoms with van der Waals surface area (Å²) in [5, 5.41) is 3.41. The van der Waals surface area contributed by atoms with Crippen LogP contribution in [0, 0.1) is 5.82 Å². The third-order valence-corrected chi connectivity index (χ3v) is 2.25. The summed E-state index contributed by atoms with van der Waals surface area (Å²) in [4.78, 5) is 0. The molecule has 16 heavy (non-hydrogen) atoms. The van der Waals surface area contributed by atoms with Gasteiger partial charge in [0.1, 0.15) is 18.2 Å². The standard InChI is InChI=1S/C12H15ClFNO/c1-3-15-7-9(2)8-16-12-5-4-10(14)6-11(12)13/h4-6,15H,2-3,7-8H2,1H3. The van der Waals surface area contributed by atoms with Gasteiger partial charge in [-0.3, -0.25) is 0 Å². The first-order valence-electron chi connectivity index (χ1n) is 5.08. The van der Waals surface area contributed by atoms with Crippen molar-refractivity contribution in [3.63, 3.8) is 0 Å². The number of hydrogen-bond acceptors (Lipinski definition) is 2. The second-order valence-electron chi connectivity index (χ2n) is 3.39. The highest BCUT2D eigenvalue weighted by Crippen LogP contribution is 2.24. The molecular weight excluding hydrogens is 229 g/mol. The van der Waals surface area contributed by atoms with E-state index in [1.54, 1.807) is 0 Å². The molecule has 0 aliphatic carbocycles. The third-order valence-electron chi connectivity index (χ3n) is 1.95. The summed E-state index contributed by atoms with van der Waals surface area (Å²) in [5.74, 6) is 0.101. The molecule has 0 amide bonds. The number of halogens is 2. The predicted molar refractivity (Wildman–Crippen MR) is 64.6 cm³/mol. The van der Waals surface area contributed by atoms with Crippen molar-refractivity contribution in [1.82, 2.24) is 5.32 Å². The van der Waals surface area contributed by atoms with Gasteiger partial charge >= 0.3 is 0 Å². The summed E-state index contributed by atoms with van der Waals surface area (Å²) >= 11 is 5.81. The summed E-state index contributed by atoms with van der Waals surface area (Å²) in [7, 11) is 0.